The molecular formula is C8H8Cl2N2. The van der Waals surface area contributed by atoms with E-state index in [9.17, 15) is 0 Å². The topological polar surface area (TPSA) is 24.9 Å². The van der Waals surface area contributed by atoms with Gasteiger partial charge in [-0.2, -0.15) is 0 Å². The number of halogens is 2. The third-order valence-corrected chi connectivity index (χ3v) is 2.66. The average Bonchev–Trinajstić information content (AvgIpc) is 1.93. The first-order chi connectivity index (χ1) is 5.79. The maximum Gasteiger partial charge on any atom is 0.0652 e. The SMILES string of the molecule is Clc1cncc(Cl)c1C1CCN1. The molecule has 4 heteroatoms. The van der Waals surface area contributed by atoms with Gasteiger partial charge >= 0.3 is 0 Å². The molecule has 1 fully saturated rings. The quantitative estimate of drug-likeness (QED) is 0.758. The highest BCUT2D eigenvalue weighted by atomic mass is 35.5. The van der Waals surface area contributed by atoms with Crippen LogP contribution in [0.3, 0.4) is 0 Å². The lowest BCUT2D eigenvalue weighted by molar-refractivity contribution is 0.383. The Hall–Kier alpha value is -0.310. The molecule has 1 aliphatic heterocycles. The van der Waals surface area contributed by atoms with Gasteiger partial charge in [0.1, 0.15) is 0 Å². The number of hydrogen-bond donors (Lipinski definition) is 1. The predicted molar refractivity (Wildman–Crippen MR) is 49.6 cm³/mol. The molecule has 0 spiro atoms. The molecule has 0 aromatic carbocycles. The summed E-state index contributed by atoms with van der Waals surface area (Å²) in [5.41, 5.74) is 0.986. The summed E-state index contributed by atoms with van der Waals surface area (Å²) in [6.07, 6.45) is 4.36. The molecule has 12 heavy (non-hydrogen) atoms. The number of hydrogen-bond acceptors (Lipinski definition) is 2. The highest BCUT2D eigenvalue weighted by molar-refractivity contribution is 6.35. The average molecular weight is 203 g/mol. The Morgan fingerprint density at radius 3 is 2.33 bits per heavy atom. The molecule has 64 valence electrons. The molecule has 2 heterocycles. The second-order valence-corrected chi connectivity index (χ2v) is 3.63. The van der Waals surface area contributed by atoms with Crippen molar-refractivity contribution in [2.45, 2.75) is 12.5 Å². The predicted octanol–water partition coefficient (Wildman–Crippen LogP) is 2.42. The van der Waals surface area contributed by atoms with E-state index in [2.05, 4.69) is 10.3 Å². The van der Waals surface area contributed by atoms with Gasteiger partial charge in [0, 0.05) is 24.0 Å². The molecule has 0 bridgehead atoms. The van der Waals surface area contributed by atoms with E-state index in [1.807, 2.05) is 0 Å². The van der Waals surface area contributed by atoms with Crippen molar-refractivity contribution < 1.29 is 0 Å². The molecule has 0 aliphatic carbocycles. The maximum absolute atomic E-state index is 5.95. The van der Waals surface area contributed by atoms with Crippen molar-refractivity contribution in [1.82, 2.24) is 10.3 Å². The van der Waals surface area contributed by atoms with E-state index < -0.39 is 0 Å². The van der Waals surface area contributed by atoms with Crippen molar-refractivity contribution in [1.29, 1.82) is 0 Å². The Morgan fingerprint density at radius 2 is 1.92 bits per heavy atom. The van der Waals surface area contributed by atoms with Gasteiger partial charge in [-0.25, -0.2) is 0 Å². The first-order valence-corrected chi connectivity index (χ1v) is 4.57. The third-order valence-electron chi connectivity index (χ3n) is 2.06. The Labute approximate surface area is 80.9 Å². The number of rotatable bonds is 1. The van der Waals surface area contributed by atoms with Crippen LogP contribution in [0.15, 0.2) is 12.4 Å². The molecule has 1 saturated heterocycles. The Bertz CT molecular complexity index is 277. The molecule has 1 aromatic heterocycles. The van der Waals surface area contributed by atoms with Gasteiger partial charge in [0.25, 0.3) is 0 Å². The number of pyridine rings is 1. The van der Waals surface area contributed by atoms with Crippen molar-refractivity contribution in [2.24, 2.45) is 0 Å². The van der Waals surface area contributed by atoms with Crippen LogP contribution in [-0.2, 0) is 0 Å². The van der Waals surface area contributed by atoms with Crippen LogP contribution in [0, 0.1) is 0 Å². The van der Waals surface area contributed by atoms with Gasteiger partial charge in [-0.3, -0.25) is 4.98 Å². The molecule has 1 N–H and O–H groups in total. The molecule has 1 unspecified atom stereocenters. The van der Waals surface area contributed by atoms with Crippen molar-refractivity contribution in [3.8, 4) is 0 Å². The fraction of sp³-hybridized carbons (Fsp3) is 0.375. The molecule has 0 saturated carbocycles. The molecular weight excluding hydrogens is 195 g/mol. The lowest BCUT2D eigenvalue weighted by Gasteiger charge is -2.29. The van der Waals surface area contributed by atoms with Gasteiger partial charge in [0.15, 0.2) is 0 Å². The lowest BCUT2D eigenvalue weighted by atomic mass is 9.99. The van der Waals surface area contributed by atoms with E-state index in [1.54, 1.807) is 12.4 Å². The van der Waals surface area contributed by atoms with Crippen LogP contribution in [0.4, 0.5) is 0 Å². The van der Waals surface area contributed by atoms with Gasteiger partial charge in [0.2, 0.25) is 0 Å². The summed E-state index contributed by atoms with van der Waals surface area (Å²) in [5, 5.41) is 4.55. The van der Waals surface area contributed by atoms with Crippen molar-refractivity contribution in [3.63, 3.8) is 0 Å². The molecule has 1 aliphatic rings. The minimum atomic E-state index is 0.327. The standard InChI is InChI=1S/C8H8Cl2N2/c9-5-3-11-4-6(10)8(5)7-1-2-12-7/h3-4,7,12H,1-2H2. The number of nitrogens with one attached hydrogen (secondary N) is 1. The molecule has 1 atom stereocenters. The van der Waals surface area contributed by atoms with E-state index >= 15 is 0 Å². The highest BCUT2D eigenvalue weighted by Gasteiger charge is 2.23. The van der Waals surface area contributed by atoms with E-state index in [0.29, 0.717) is 16.1 Å². The Kier molecular flexibility index (Phi) is 2.22. The van der Waals surface area contributed by atoms with Crippen LogP contribution >= 0.6 is 23.2 Å². The zero-order valence-electron chi connectivity index (χ0n) is 6.35. The molecule has 2 nitrogen and oxygen atoms in total. The normalized spacial score (nSPS) is 22.0. The molecule has 1 aromatic rings. The monoisotopic (exact) mass is 202 g/mol. The highest BCUT2D eigenvalue weighted by Crippen LogP contribution is 2.33. The molecule has 0 amide bonds. The summed E-state index contributed by atoms with van der Waals surface area (Å²) in [6, 6.07) is 0.327. The smallest absolute Gasteiger partial charge is 0.0652 e. The van der Waals surface area contributed by atoms with Crippen LogP contribution in [0.1, 0.15) is 18.0 Å². The van der Waals surface area contributed by atoms with Gasteiger partial charge < -0.3 is 5.32 Å². The summed E-state index contributed by atoms with van der Waals surface area (Å²) in [6.45, 7) is 1.04. The lowest BCUT2D eigenvalue weighted by Crippen LogP contribution is -2.35. The second-order valence-electron chi connectivity index (χ2n) is 2.81. The van der Waals surface area contributed by atoms with Crippen molar-refractivity contribution in [2.75, 3.05) is 6.54 Å². The summed E-state index contributed by atoms with van der Waals surface area (Å²) >= 11 is 11.9. The van der Waals surface area contributed by atoms with Crippen LogP contribution in [-0.4, -0.2) is 11.5 Å². The van der Waals surface area contributed by atoms with Gasteiger partial charge in [-0.05, 0) is 13.0 Å². The van der Waals surface area contributed by atoms with Crippen molar-refractivity contribution in [3.05, 3.63) is 28.0 Å². The van der Waals surface area contributed by atoms with Crippen LogP contribution in [0.25, 0.3) is 0 Å². The Morgan fingerprint density at radius 1 is 1.33 bits per heavy atom. The van der Waals surface area contributed by atoms with Crippen LogP contribution in [0.5, 0.6) is 0 Å². The summed E-state index contributed by atoms with van der Waals surface area (Å²) in [4.78, 5) is 3.89. The molecule has 2 rings (SSSR count). The van der Waals surface area contributed by atoms with Gasteiger partial charge in [0.05, 0.1) is 10.0 Å². The maximum atomic E-state index is 5.95. The van der Waals surface area contributed by atoms with E-state index in [-0.39, 0.29) is 0 Å². The first kappa shape index (κ1) is 8.30. The molecule has 0 radical (unpaired) electrons. The fourth-order valence-corrected chi connectivity index (χ4v) is 1.92. The van der Waals surface area contributed by atoms with Crippen LogP contribution < -0.4 is 5.32 Å². The third kappa shape index (κ3) is 1.30. The van der Waals surface area contributed by atoms with Crippen LogP contribution in [0.2, 0.25) is 10.0 Å². The van der Waals surface area contributed by atoms with E-state index in [4.69, 9.17) is 23.2 Å². The zero-order chi connectivity index (χ0) is 8.55. The van der Waals surface area contributed by atoms with Gasteiger partial charge in [-0.15, -0.1) is 0 Å². The minimum absolute atomic E-state index is 0.327. The summed E-state index contributed by atoms with van der Waals surface area (Å²) < 4.78 is 0. The fourth-order valence-electron chi connectivity index (χ4n) is 1.29. The van der Waals surface area contributed by atoms with Gasteiger partial charge in [-0.1, -0.05) is 23.2 Å². The summed E-state index contributed by atoms with van der Waals surface area (Å²) in [7, 11) is 0. The number of nitrogens with zero attached hydrogens (tertiary/aromatic N) is 1. The number of aromatic nitrogens is 1. The second kappa shape index (κ2) is 3.21. The van der Waals surface area contributed by atoms with E-state index in [1.165, 1.54) is 0 Å². The minimum Gasteiger partial charge on any atom is -0.310 e. The zero-order valence-corrected chi connectivity index (χ0v) is 7.86. The van der Waals surface area contributed by atoms with Crippen molar-refractivity contribution >= 4 is 23.2 Å². The largest absolute Gasteiger partial charge is 0.310 e. The first-order valence-electron chi connectivity index (χ1n) is 3.81. The summed E-state index contributed by atoms with van der Waals surface area (Å²) in [5.74, 6) is 0. The van der Waals surface area contributed by atoms with E-state index in [0.717, 1.165) is 18.5 Å². The Balaban J connectivity index is 2.39.